The molecule has 4 aliphatic carbocycles. The third-order valence-corrected chi connectivity index (χ3v) is 10.5. The number of benzene rings is 1. The Balaban J connectivity index is 1.21. The average Bonchev–Trinajstić information content (AvgIpc) is 3.43. The number of carbonyl (C=O) groups is 2. The molecule has 1 aromatic carbocycles. The lowest BCUT2D eigenvalue weighted by atomic mass is 9.47. The number of amides is 1. The first-order valence-electron chi connectivity index (χ1n) is 12.7. The van der Waals surface area contributed by atoms with Crippen LogP contribution in [0.3, 0.4) is 0 Å². The molecule has 3 saturated carbocycles. The highest BCUT2D eigenvalue weighted by Gasteiger charge is 2.59. The molecule has 4 aliphatic rings. The molecule has 182 valence electrons. The molecular weight excluding hydrogens is 459 g/mol. The number of thiazole rings is 1. The van der Waals surface area contributed by atoms with Crippen molar-refractivity contribution in [2.75, 3.05) is 5.32 Å². The first kappa shape index (κ1) is 22.8. The van der Waals surface area contributed by atoms with Crippen molar-refractivity contribution in [1.82, 2.24) is 4.98 Å². The first-order valence-corrected chi connectivity index (χ1v) is 13.6. The third-order valence-electron chi connectivity index (χ3n) is 9.74. The lowest BCUT2D eigenvalue weighted by molar-refractivity contribution is -0.111. The van der Waals surface area contributed by atoms with E-state index < -0.39 is 5.82 Å². The molecule has 1 amide bonds. The highest BCUT2D eigenvalue weighted by atomic mass is 32.1. The Bertz CT molecular complexity index is 1260. The SMILES string of the molecule is C[C@]12CCC3C(CCC4=CC(=O)C=C[C@@]43C)C1CCC2c1csc(NC(=O)c2cccc(F)c2)n1. The maximum Gasteiger partial charge on any atom is 0.257 e. The van der Waals surface area contributed by atoms with Crippen LogP contribution in [0.15, 0.2) is 53.4 Å². The van der Waals surface area contributed by atoms with E-state index in [0.29, 0.717) is 34.4 Å². The number of aromatic nitrogens is 1. The molecule has 3 fully saturated rings. The van der Waals surface area contributed by atoms with Crippen LogP contribution in [0.5, 0.6) is 0 Å². The second-order valence-electron chi connectivity index (χ2n) is 11.3. The van der Waals surface area contributed by atoms with Crippen molar-refractivity contribution in [3.8, 4) is 0 Å². The molecule has 4 nitrogen and oxygen atoms in total. The molecule has 6 heteroatoms. The summed E-state index contributed by atoms with van der Waals surface area (Å²) in [5.74, 6) is 1.69. The quantitative estimate of drug-likeness (QED) is 0.508. The number of carbonyl (C=O) groups excluding carboxylic acids is 2. The number of hydrogen-bond acceptors (Lipinski definition) is 4. The maximum atomic E-state index is 13.5. The van der Waals surface area contributed by atoms with Crippen LogP contribution in [0.4, 0.5) is 9.52 Å². The van der Waals surface area contributed by atoms with E-state index in [9.17, 15) is 14.0 Å². The van der Waals surface area contributed by atoms with Gasteiger partial charge in [0.2, 0.25) is 0 Å². The predicted molar refractivity (Wildman–Crippen MR) is 136 cm³/mol. The molecular formula is C29H31FN2O2S. The van der Waals surface area contributed by atoms with E-state index in [2.05, 4.69) is 30.6 Å². The van der Waals surface area contributed by atoms with Crippen LogP contribution >= 0.6 is 11.3 Å². The zero-order valence-electron chi connectivity index (χ0n) is 20.2. The Hall–Kier alpha value is -2.60. The number of nitrogens with one attached hydrogen (secondary N) is 1. The van der Waals surface area contributed by atoms with Gasteiger partial charge in [0.05, 0.1) is 5.69 Å². The van der Waals surface area contributed by atoms with Gasteiger partial charge in [0, 0.05) is 22.3 Å². The molecule has 2 aromatic rings. The molecule has 1 aromatic heterocycles. The number of halogens is 1. The number of fused-ring (bicyclic) bond motifs is 5. The van der Waals surface area contributed by atoms with Crippen molar-refractivity contribution < 1.29 is 14.0 Å². The summed E-state index contributed by atoms with van der Waals surface area (Å²) >= 11 is 1.45. The fraction of sp³-hybridized carbons (Fsp3) is 0.483. The molecule has 0 aliphatic heterocycles. The maximum absolute atomic E-state index is 13.5. The number of nitrogens with zero attached hydrogens (tertiary/aromatic N) is 1. The van der Waals surface area contributed by atoms with Gasteiger partial charge < -0.3 is 0 Å². The van der Waals surface area contributed by atoms with Crippen LogP contribution in [0.2, 0.25) is 0 Å². The molecule has 35 heavy (non-hydrogen) atoms. The van der Waals surface area contributed by atoms with Crippen molar-refractivity contribution in [1.29, 1.82) is 0 Å². The van der Waals surface area contributed by atoms with E-state index in [4.69, 9.17) is 4.98 Å². The average molecular weight is 491 g/mol. The van der Waals surface area contributed by atoms with Gasteiger partial charge in [-0.15, -0.1) is 11.3 Å². The van der Waals surface area contributed by atoms with Gasteiger partial charge in [-0.1, -0.05) is 31.6 Å². The Morgan fingerprint density at radius 2 is 2.03 bits per heavy atom. The predicted octanol–water partition coefficient (Wildman–Crippen LogP) is 6.93. The Kier molecular flexibility index (Phi) is 5.37. The van der Waals surface area contributed by atoms with Gasteiger partial charge in [-0.25, -0.2) is 9.37 Å². The summed E-state index contributed by atoms with van der Waals surface area (Å²) in [7, 11) is 0. The minimum atomic E-state index is -0.424. The van der Waals surface area contributed by atoms with Crippen molar-refractivity contribution in [3.63, 3.8) is 0 Å². The smallest absolute Gasteiger partial charge is 0.257 e. The molecule has 0 spiro atoms. The normalized spacial score (nSPS) is 35.6. The van der Waals surface area contributed by atoms with Gasteiger partial charge in [-0.05, 0) is 92.0 Å². The summed E-state index contributed by atoms with van der Waals surface area (Å²) in [6.07, 6.45) is 12.8. The standard InChI is InChI=1S/C29H31FN2O2S/c1-28-12-10-20(33)15-18(28)6-7-21-22-8-9-24(29(22,2)13-11-23(21)28)25-16-35-27(31-25)32-26(34)17-4-3-5-19(30)14-17/h3-5,10,12,14-16,21-24H,6-9,11,13H2,1-2H3,(H,31,32,34)/t21?,22?,23?,24?,28-,29-/m0/s1. The monoisotopic (exact) mass is 490 g/mol. The number of hydrogen-bond donors (Lipinski definition) is 1. The van der Waals surface area contributed by atoms with Crippen LogP contribution in [0, 0.1) is 34.4 Å². The summed E-state index contributed by atoms with van der Waals surface area (Å²) in [6, 6.07) is 5.72. The summed E-state index contributed by atoms with van der Waals surface area (Å²) < 4.78 is 13.5. The largest absolute Gasteiger partial charge is 0.298 e. The molecule has 6 atom stereocenters. The molecule has 0 bridgehead atoms. The summed E-state index contributed by atoms with van der Waals surface area (Å²) in [4.78, 5) is 29.4. The summed E-state index contributed by atoms with van der Waals surface area (Å²) in [6.45, 7) is 4.81. The van der Waals surface area contributed by atoms with Gasteiger partial charge in [0.15, 0.2) is 10.9 Å². The van der Waals surface area contributed by atoms with Crippen LogP contribution in [0.1, 0.15) is 74.3 Å². The highest BCUT2D eigenvalue weighted by molar-refractivity contribution is 7.14. The minimum absolute atomic E-state index is 0.0191. The Morgan fingerprint density at radius 3 is 2.86 bits per heavy atom. The Morgan fingerprint density at radius 1 is 1.17 bits per heavy atom. The lowest BCUT2D eigenvalue weighted by Gasteiger charge is -2.57. The van der Waals surface area contributed by atoms with Crippen LogP contribution in [-0.2, 0) is 4.79 Å². The van der Waals surface area contributed by atoms with E-state index >= 15 is 0 Å². The molecule has 4 unspecified atom stereocenters. The highest BCUT2D eigenvalue weighted by Crippen LogP contribution is 2.67. The zero-order chi connectivity index (χ0) is 24.4. The van der Waals surface area contributed by atoms with Gasteiger partial charge >= 0.3 is 0 Å². The number of ketones is 1. The molecule has 6 rings (SSSR count). The van der Waals surface area contributed by atoms with E-state index in [0.717, 1.165) is 25.0 Å². The molecule has 0 radical (unpaired) electrons. The first-order chi connectivity index (χ1) is 16.8. The Labute approximate surface area is 209 Å². The van der Waals surface area contributed by atoms with Gasteiger partial charge in [0.1, 0.15) is 5.82 Å². The fourth-order valence-electron chi connectivity index (χ4n) is 7.99. The van der Waals surface area contributed by atoms with E-state index in [1.165, 1.54) is 48.3 Å². The number of allylic oxidation sites excluding steroid dienone is 4. The van der Waals surface area contributed by atoms with E-state index in [1.54, 1.807) is 18.2 Å². The topological polar surface area (TPSA) is 59.1 Å². The van der Waals surface area contributed by atoms with Gasteiger partial charge in [-0.2, -0.15) is 0 Å². The van der Waals surface area contributed by atoms with Crippen LogP contribution < -0.4 is 5.32 Å². The number of anilines is 1. The van der Waals surface area contributed by atoms with Crippen LogP contribution in [0.25, 0.3) is 0 Å². The zero-order valence-corrected chi connectivity index (χ0v) is 21.0. The van der Waals surface area contributed by atoms with Crippen molar-refractivity contribution in [2.45, 2.75) is 58.3 Å². The summed E-state index contributed by atoms with van der Waals surface area (Å²) in [5, 5.41) is 5.54. The third kappa shape index (κ3) is 3.64. The van der Waals surface area contributed by atoms with E-state index in [1.807, 2.05) is 6.08 Å². The summed E-state index contributed by atoms with van der Waals surface area (Å²) in [5.41, 5.74) is 2.93. The molecule has 1 N–H and O–H groups in total. The second kappa shape index (κ2) is 8.22. The fourth-order valence-corrected chi connectivity index (χ4v) is 8.75. The minimum Gasteiger partial charge on any atom is -0.298 e. The van der Waals surface area contributed by atoms with Crippen molar-refractivity contribution in [2.24, 2.45) is 28.6 Å². The van der Waals surface area contributed by atoms with Crippen LogP contribution in [-0.4, -0.2) is 16.7 Å². The van der Waals surface area contributed by atoms with Crippen molar-refractivity contribution >= 4 is 28.2 Å². The number of rotatable bonds is 3. The van der Waals surface area contributed by atoms with Gasteiger partial charge in [-0.3, -0.25) is 14.9 Å². The van der Waals surface area contributed by atoms with E-state index in [-0.39, 0.29) is 22.5 Å². The molecule has 0 saturated heterocycles. The second-order valence-corrected chi connectivity index (χ2v) is 12.2. The lowest BCUT2D eigenvalue weighted by Crippen LogP contribution is -2.49. The van der Waals surface area contributed by atoms with Crippen molar-refractivity contribution in [3.05, 3.63) is 70.5 Å². The van der Waals surface area contributed by atoms with Gasteiger partial charge in [0.25, 0.3) is 5.91 Å². The molecule has 1 heterocycles.